The molecule has 2 aromatic rings. The van der Waals surface area contributed by atoms with E-state index in [9.17, 15) is 14.5 Å². The first kappa shape index (κ1) is 31.2. The summed E-state index contributed by atoms with van der Waals surface area (Å²) in [7, 11) is 0. The van der Waals surface area contributed by atoms with Crippen LogP contribution in [0.15, 0.2) is 58.5 Å². The van der Waals surface area contributed by atoms with Gasteiger partial charge in [-0.05, 0) is 77.3 Å². The third-order valence-corrected chi connectivity index (χ3v) is 10.1. The molecular formula is C39H46N2O4. The van der Waals surface area contributed by atoms with Gasteiger partial charge in [-0.1, -0.05) is 90.4 Å². The molecule has 0 spiro atoms. The number of nitrogens with zero attached hydrogens (tertiary/aromatic N) is 2. The quantitative estimate of drug-likeness (QED) is 0.162. The van der Waals surface area contributed by atoms with Crippen molar-refractivity contribution in [2.45, 2.75) is 99.0 Å². The molecule has 236 valence electrons. The number of benzene rings is 2. The number of hydrogen-bond acceptors (Lipinski definition) is 5. The van der Waals surface area contributed by atoms with Gasteiger partial charge in [-0.15, -0.1) is 0 Å². The second kappa shape index (κ2) is 11.9. The smallest absolute Gasteiger partial charge is 0.265 e. The van der Waals surface area contributed by atoms with Crippen LogP contribution in [-0.2, 0) is 0 Å². The minimum atomic E-state index is -0.246. The molecule has 2 aliphatic heterocycles. The number of carbonyl (C=O) groups excluding carboxylic acids is 2. The molecule has 6 nitrogen and oxygen atoms in total. The van der Waals surface area contributed by atoms with Gasteiger partial charge >= 0.3 is 0 Å². The molecule has 2 atom stereocenters. The largest absolute Gasteiger partial charge is 0.484 e. The van der Waals surface area contributed by atoms with Gasteiger partial charge in [0, 0.05) is 45.5 Å². The zero-order valence-electron chi connectivity index (χ0n) is 28.0. The Morgan fingerprint density at radius 3 is 2.18 bits per heavy atom. The molecule has 0 fully saturated rings. The van der Waals surface area contributed by atoms with E-state index in [1.807, 2.05) is 6.07 Å². The van der Waals surface area contributed by atoms with Crippen molar-refractivity contribution >= 4 is 28.2 Å². The van der Waals surface area contributed by atoms with E-state index in [0.717, 1.165) is 69.3 Å². The molecular weight excluding hydrogens is 560 g/mol. The lowest BCUT2D eigenvalue weighted by atomic mass is 9.74. The number of carbonyl (C=O) groups is 2. The Bertz CT molecular complexity index is 1710. The summed E-state index contributed by atoms with van der Waals surface area (Å²) in [5, 5.41) is 4.71. The Morgan fingerprint density at radius 2 is 1.58 bits per heavy atom. The van der Waals surface area contributed by atoms with Crippen LogP contribution in [-0.4, -0.2) is 29.4 Å². The third-order valence-electron chi connectivity index (χ3n) is 10.1. The SMILES string of the molecule is CC(C)C1=C(N2C(=O)c3cc(C(C)C)c4c5c(c(C(C)C)cc(c35)C2=O)C2=CC=CCC2O4)C(C(C)C)CC(CCCN=O)=C1. The van der Waals surface area contributed by atoms with Crippen molar-refractivity contribution in [1.29, 1.82) is 0 Å². The van der Waals surface area contributed by atoms with E-state index in [1.165, 1.54) is 10.5 Å². The van der Waals surface area contributed by atoms with Gasteiger partial charge < -0.3 is 4.74 Å². The second-order valence-corrected chi connectivity index (χ2v) is 14.4. The van der Waals surface area contributed by atoms with Gasteiger partial charge in [-0.3, -0.25) is 9.59 Å². The maximum atomic E-state index is 14.9. The summed E-state index contributed by atoms with van der Waals surface area (Å²) in [5.41, 5.74) is 8.69. The topological polar surface area (TPSA) is 76.0 Å². The third kappa shape index (κ3) is 5.01. The molecule has 0 aromatic heterocycles. The highest BCUT2D eigenvalue weighted by atomic mass is 16.5. The average molecular weight is 607 g/mol. The van der Waals surface area contributed by atoms with Gasteiger partial charge in [0.05, 0.1) is 6.54 Å². The first-order valence-electron chi connectivity index (χ1n) is 16.8. The Kier molecular flexibility index (Phi) is 8.21. The minimum Gasteiger partial charge on any atom is -0.484 e. The Morgan fingerprint density at radius 1 is 0.911 bits per heavy atom. The van der Waals surface area contributed by atoms with Crippen molar-refractivity contribution in [2.24, 2.45) is 22.9 Å². The molecule has 0 saturated carbocycles. The monoisotopic (exact) mass is 606 g/mol. The molecule has 2 unspecified atom stereocenters. The van der Waals surface area contributed by atoms with Crippen LogP contribution in [0.25, 0.3) is 16.3 Å². The van der Waals surface area contributed by atoms with Crippen LogP contribution in [0.5, 0.6) is 5.75 Å². The Labute approximate surface area is 267 Å². The Balaban J connectivity index is 1.64. The lowest BCUT2D eigenvalue weighted by molar-refractivity contribution is 0.0633. The minimum absolute atomic E-state index is 0.00799. The van der Waals surface area contributed by atoms with Gasteiger partial charge in [-0.25, -0.2) is 4.90 Å². The van der Waals surface area contributed by atoms with Crippen molar-refractivity contribution in [2.75, 3.05) is 6.54 Å². The lowest BCUT2D eigenvalue weighted by Gasteiger charge is -2.41. The van der Waals surface area contributed by atoms with Crippen molar-refractivity contribution in [3.8, 4) is 5.75 Å². The predicted octanol–water partition coefficient (Wildman–Crippen LogP) is 9.85. The zero-order chi connectivity index (χ0) is 32.3. The van der Waals surface area contributed by atoms with Crippen LogP contribution in [0.1, 0.15) is 130 Å². The number of amides is 2. The van der Waals surface area contributed by atoms with Crippen molar-refractivity contribution in [3.05, 3.63) is 86.0 Å². The van der Waals surface area contributed by atoms with Crippen LogP contribution in [0, 0.1) is 22.7 Å². The van der Waals surface area contributed by atoms with Crippen molar-refractivity contribution in [1.82, 2.24) is 4.90 Å². The molecule has 2 aliphatic carbocycles. The predicted molar refractivity (Wildman–Crippen MR) is 182 cm³/mol. The van der Waals surface area contributed by atoms with Crippen LogP contribution in [0.4, 0.5) is 0 Å². The summed E-state index contributed by atoms with van der Waals surface area (Å²) in [4.78, 5) is 42.1. The summed E-state index contributed by atoms with van der Waals surface area (Å²) in [6.07, 6.45) is 11.5. The molecule has 0 bridgehead atoms. The molecule has 0 radical (unpaired) electrons. The van der Waals surface area contributed by atoms with E-state index < -0.39 is 0 Å². The normalized spacial score (nSPS) is 20.8. The fourth-order valence-corrected chi connectivity index (χ4v) is 7.77. The van der Waals surface area contributed by atoms with E-state index in [4.69, 9.17) is 4.74 Å². The number of hydrogen-bond donors (Lipinski definition) is 0. The standard InChI is InChI=1S/C39H46N2O4/c1-20(2)26-18-30-34-31(19-29(23(7)8)37-35(34)33(26)25-13-9-10-14-32(25)45-37)39(43)41(38(30)42)36-27(21(3)4)16-24(12-11-15-40-44)17-28(36)22(5)6/h9-10,13,16,18-23,28,32H,11-12,14-15,17H2,1-8H3. The van der Waals surface area contributed by atoms with E-state index in [0.29, 0.717) is 24.1 Å². The van der Waals surface area contributed by atoms with Gasteiger partial charge in [-0.2, -0.15) is 4.91 Å². The van der Waals surface area contributed by atoms with Crippen molar-refractivity contribution < 1.29 is 14.3 Å². The molecule has 45 heavy (non-hydrogen) atoms. The molecule has 0 N–H and O–H groups in total. The number of rotatable bonds is 9. The van der Waals surface area contributed by atoms with Crippen LogP contribution < -0.4 is 4.74 Å². The maximum absolute atomic E-state index is 14.9. The molecule has 2 amide bonds. The number of fused-ring (bicyclic) bond motifs is 2. The lowest BCUT2D eigenvalue weighted by Crippen LogP contribution is -2.44. The second-order valence-electron chi connectivity index (χ2n) is 14.4. The van der Waals surface area contributed by atoms with Gasteiger partial charge in [0.2, 0.25) is 0 Å². The summed E-state index contributed by atoms with van der Waals surface area (Å²) in [6, 6.07) is 4.08. The van der Waals surface area contributed by atoms with E-state index in [2.05, 4.69) is 90.9 Å². The summed E-state index contributed by atoms with van der Waals surface area (Å²) >= 11 is 0. The van der Waals surface area contributed by atoms with E-state index >= 15 is 0 Å². The first-order chi connectivity index (χ1) is 21.5. The first-order valence-corrected chi connectivity index (χ1v) is 16.8. The number of ether oxygens (including phenoxy) is 1. The Hall–Kier alpha value is -3.80. The number of nitroso groups, excluding NO2 is 1. The summed E-state index contributed by atoms with van der Waals surface area (Å²) in [5.74, 6) is 0.921. The van der Waals surface area contributed by atoms with Gasteiger partial charge in [0.15, 0.2) is 0 Å². The van der Waals surface area contributed by atoms with Crippen LogP contribution in [0.3, 0.4) is 0 Å². The molecule has 6 rings (SSSR count). The maximum Gasteiger partial charge on any atom is 0.265 e. The molecule has 2 aromatic carbocycles. The highest BCUT2D eigenvalue weighted by Gasteiger charge is 2.44. The molecule has 0 saturated heterocycles. The van der Waals surface area contributed by atoms with Crippen LogP contribution >= 0.6 is 0 Å². The van der Waals surface area contributed by atoms with E-state index in [-0.39, 0.29) is 47.5 Å². The summed E-state index contributed by atoms with van der Waals surface area (Å²) < 4.78 is 6.78. The van der Waals surface area contributed by atoms with Gasteiger partial charge in [0.1, 0.15) is 11.9 Å². The molecule has 4 aliphatic rings. The molecule has 2 heterocycles. The van der Waals surface area contributed by atoms with E-state index in [1.54, 1.807) is 0 Å². The fraction of sp³-hybridized carbons (Fsp3) is 0.487. The zero-order valence-corrected chi connectivity index (χ0v) is 28.0. The number of imide groups is 1. The fourth-order valence-electron chi connectivity index (χ4n) is 7.77. The average Bonchev–Trinajstić information content (AvgIpc) is 3.00. The molecule has 6 heteroatoms. The summed E-state index contributed by atoms with van der Waals surface area (Å²) in [6.45, 7) is 17.5. The number of allylic oxidation sites excluding steroid dienone is 6. The van der Waals surface area contributed by atoms with Crippen LogP contribution in [0.2, 0.25) is 0 Å². The highest BCUT2D eigenvalue weighted by Crippen LogP contribution is 2.53. The highest BCUT2D eigenvalue weighted by molar-refractivity contribution is 6.29. The van der Waals surface area contributed by atoms with Crippen molar-refractivity contribution in [3.63, 3.8) is 0 Å². The van der Waals surface area contributed by atoms with Gasteiger partial charge in [0.25, 0.3) is 11.8 Å².